The molecule has 0 bridgehead atoms. The summed E-state index contributed by atoms with van der Waals surface area (Å²) < 4.78 is 0.858. The topological polar surface area (TPSA) is 73.5 Å². The number of halogens is 1. The fourth-order valence-corrected chi connectivity index (χ4v) is 3.68. The molecule has 0 saturated heterocycles. The number of amides is 3. The number of rotatable bonds is 7. The van der Waals surface area contributed by atoms with Crippen LogP contribution in [0.15, 0.2) is 40.2 Å². The minimum Gasteiger partial charge on any atom is -0.333 e. The van der Waals surface area contributed by atoms with Crippen molar-refractivity contribution >= 4 is 39.2 Å². The van der Waals surface area contributed by atoms with Crippen LogP contribution < -0.4 is 16.2 Å². The third-order valence-corrected chi connectivity index (χ3v) is 5.56. The summed E-state index contributed by atoms with van der Waals surface area (Å²) in [6.07, 6.45) is 0. The van der Waals surface area contributed by atoms with E-state index in [1.165, 1.54) is 16.9 Å². The van der Waals surface area contributed by atoms with E-state index in [1.54, 1.807) is 12.1 Å². The van der Waals surface area contributed by atoms with Crippen molar-refractivity contribution in [3.63, 3.8) is 0 Å². The van der Waals surface area contributed by atoms with Gasteiger partial charge in [0.1, 0.15) is 0 Å². The zero-order valence-corrected chi connectivity index (χ0v) is 17.2. The lowest BCUT2D eigenvalue weighted by Crippen LogP contribution is -2.46. The number of thiophene rings is 1. The van der Waals surface area contributed by atoms with Crippen LogP contribution in [0, 0.1) is 0 Å². The van der Waals surface area contributed by atoms with E-state index in [0.717, 1.165) is 29.0 Å². The summed E-state index contributed by atoms with van der Waals surface area (Å²) in [7, 11) is 0. The molecule has 0 aliphatic rings. The van der Waals surface area contributed by atoms with Crippen LogP contribution >= 0.6 is 27.3 Å². The fraction of sp³-hybridized carbons (Fsp3) is 0.333. The van der Waals surface area contributed by atoms with E-state index >= 15 is 0 Å². The number of hydrazine groups is 1. The first-order valence-corrected chi connectivity index (χ1v) is 10.0. The Morgan fingerprint density at radius 2 is 1.73 bits per heavy atom. The third kappa shape index (κ3) is 6.12. The first-order valence-electron chi connectivity index (χ1n) is 8.42. The SMILES string of the molecule is CCN(CC)Cc1ccccc1CNC(=O)NNC(=O)c1ccc(Br)s1. The van der Waals surface area contributed by atoms with Gasteiger partial charge in [-0.1, -0.05) is 38.1 Å². The van der Waals surface area contributed by atoms with E-state index in [9.17, 15) is 9.59 Å². The molecule has 3 amide bonds. The Labute approximate surface area is 166 Å². The minimum atomic E-state index is -0.452. The number of carbonyl (C=O) groups is 2. The van der Waals surface area contributed by atoms with Gasteiger partial charge in [-0.2, -0.15) is 0 Å². The number of benzene rings is 1. The second-order valence-corrected chi connectivity index (χ2v) is 8.06. The second-order valence-electron chi connectivity index (χ2n) is 5.60. The summed E-state index contributed by atoms with van der Waals surface area (Å²) in [5, 5.41) is 2.77. The predicted octanol–water partition coefficient (Wildman–Crippen LogP) is 3.50. The van der Waals surface area contributed by atoms with Crippen molar-refractivity contribution in [2.75, 3.05) is 13.1 Å². The van der Waals surface area contributed by atoms with Gasteiger partial charge < -0.3 is 5.32 Å². The van der Waals surface area contributed by atoms with E-state index in [-0.39, 0.29) is 5.91 Å². The molecule has 8 heteroatoms. The first-order chi connectivity index (χ1) is 12.5. The molecule has 140 valence electrons. The largest absolute Gasteiger partial charge is 0.333 e. The van der Waals surface area contributed by atoms with Crippen LogP contribution in [0.25, 0.3) is 0 Å². The van der Waals surface area contributed by atoms with E-state index in [1.807, 2.05) is 18.2 Å². The summed E-state index contributed by atoms with van der Waals surface area (Å²) in [4.78, 5) is 26.7. The summed E-state index contributed by atoms with van der Waals surface area (Å²) >= 11 is 4.60. The van der Waals surface area contributed by atoms with Gasteiger partial charge in [-0.3, -0.25) is 15.1 Å². The van der Waals surface area contributed by atoms with Crippen LogP contribution in [0.2, 0.25) is 0 Å². The lowest BCUT2D eigenvalue weighted by Gasteiger charge is -2.20. The molecule has 0 unspecified atom stereocenters. The fourth-order valence-electron chi connectivity index (χ4n) is 2.40. The summed E-state index contributed by atoms with van der Waals surface area (Å²) in [5.41, 5.74) is 7.01. The quantitative estimate of drug-likeness (QED) is 0.579. The highest BCUT2D eigenvalue weighted by Crippen LogP contribution is 2.21. The normalized spacial score (nSPS) is 10.6. The van der Waals surface area contributed by atoms with Crippen molar-refractivity contribution < 1.29 is 9.59 Å². The Kier molecular flexibility index (Phi) is 8.08. The molecule has 1 aromatic heterocycles. The van der Waals surface area contributed by atoms with Crippen molar-refractivity contribution in [1.82, 2.24) is 21.1 Å². The molecule has 3 N–H and O–H groups in total. The number of carbonyl (C=O) groups excluding carboxylic acids is 2. The van der Waals surface area contributed by atoms with Gasteiger partial charge in [0.05, 0.1) is 8.66 Å². The Balaban J connectivity index is 1.84. The van der Waals surface area contributed by atoms with Crippen molar-refractivity contribution in [2.24, 2.45) is 0 Å². The highest BCUT2D eigenvalue weighted by atomic mass is 79.9. The molecular formula is C18H23BrN4O2S. The summed E-state index contributed by atoms with van der Waals surface area (Å²) in [5.74, 6) is -0.349. The molecule has 0 aliphatic carbocycles. The lowest BCUT2D eigenvalue weighted by molar-refractivity contribution is 0.0940. The van der Waals surface area contributed by atoms with E-state index in [4.69, 9.17) is 0 Å². The average molecular weight is 439 g/mol. The van der Waals surface area contributed by atoms with Crippen molar-refractivity contribution in [3.8, 4) is 0 Å². The van der Waals surface area contributed by atoms with Crippen molar-refractivity contribution in [2.45, 2.75) is 26.9 Å². The third-order valence-electron chi connectivity index (χ3n) is 3.93. The van der Waals surface area contributed by atoms with Crippen LogP contribution in [-0.2, 0) is 13.1 Å². The maximum atomic E-state index is 11.9. The molecular weight excluding hydrogens is 416 g/mol. The highest BCUT2D eigenvalue weighted by Gasteiger charge is 2.10. The van der Waals surface area contributed by atoms with Gasteiger partial charge in [-0.05, 0) is 52.3 Å². The maximum Gasteiger partial charge on any atom is 0.333 e. The van der Waals surface area contributed by atoms with Gasteiger partial charge in [0.25, 0.3) is 5.91 Å². The smallest absolute Gasteiger partial charge is 0.333 e. The average Bonchev–Trinajstić information content (AvgIpc) is 3.09. The monoisotopic (exact) mass is 438 g/mol. The van der Waals surface area contributed by atoms with Gasteiger partial charge in [-0.15, -0.1) is 11.3 Å². The van der Waals surface area contributed by atoms with Crippen molar-refractivity contribution in [1.29, 1.82) is 0 Å². The summed E-state index contributed by atoms with van der Waals surface area (Å²) in [6.45, 7) is 7.45. The Morgan fingerprint density at radius 3 is 2.35 bits per heavy atom. The Hall–Kier alpha value is -1.90. The van der Waals surface area contributed by atoms with Crippen LogP contribution in [0.3, 0.4) is 0 Å². The molecule has 2 rings (SSSR count). The minimum absolute atomic E-state index is 0.349. The Bertz CT molecular complexity index is 746. The van der Waals surface area contributed by atoms with E-state index in [0.29, 0.717) is 11.4 Å². The Morgan fingerprint density at radius 1 is 1.04 bits per heavy atom. The zero-order valence-electron chi connectivity index (χ0n) is 14.8. The van der Waals surface area contributed by atoms with Crippen LogP contribution in [0.5, 0.6) is 0 Å². The molecule has 1 aromatic carbocycles. The highest BCUT2D eigenvalue weighted by molar-refractivity contribution is 9.11. The maximum absolute atomic E-state index is 11.9. The molecule has 26 heavy (non-hydrogen) atoms. The first kappa shape index (κ1) is 20.4. The molecule has 6 nitrogen and oxygen atoms in total. The molecule has 0 saturated carbocycles. The van der Waals surface area contributed by atoms with Gasteiger partial charge in [0.15, 0.2) is 0 Å². The predicted molar refractivity (Wildman–Crippen MR) is 108 cm³/mol. The summed E-state index contributed by atoms with van der Waals surface area (Å²) in [6, 6.07) is 11.1. The molecule has 1 heterocycles. The molecule has 0 atom stereocenters. The van der Waals surface area contributed by atoms with Gasteiger partial charge in [-0.25, -0.2) is 10.2 Å². The lowest BCUT2D eigenvalue weighted by atomic mass is 10.1. The number of nitrogens with one attached hydrogen (secondary N) is 3. The number of hydrogen-bond acceptors (Lipinski definition) is 4. The number of urea groups is 1. The van der Waals surface area contributed by atoms with Crippen LogP contribution in [0.1, 0.15) is 34.6 Å². The standard InChI is InChI=1S/C18H23BrN4O2S/c1-3-23(4-2)12-14-8-6-5-7-13(14)11-20-18(25)22-21-17(24)15-9-10-16(19)26-15/h5-10H,3-4,11-12H2,1-2H3,(H,21,24)(H2,20,22,25). The number of hydrogen-bond donors (Lipinski definition) is 3. The molecule has 0 fully saturated rings. The second kappa shape index (κ2) is 10.3. The molecule has 2 aromatic rings. The number of nitrogens with zero attached hydrogens (tertiary/aromatic N) is 1. The molecule has 0 spiro atoms. The van der Waals surface area contributed by atoms with Crippen LogP contribution in [0.4, 0.5) is 4.79 Å². The molecule has 0 aliphatic heterocycles. The van der Waals surface area contributed by atoms with Crippen molar-refractivity contribution in [3.05, 3.63) is 56.2 Å². The van der Waals surface area contributed by atoms with Gasteiger partial charge >= 0.3 is 6.03 Å². The van der Waals surface area contributed by atoms with E-state index < -0.39 is 6.03 Å². The van der Waals surface area contributed by atoms with Gasteiger partial charge in [0, 0.05) is 13.1 Å². The van der Waals surface area contributed by atoms with Gasteiger partial charge in [0.2, 0.25) is 0 Å². The van der Waals surface area contributed by atoms with Crippen LogP contribution in [-0.4, -0.2) is 29.9 Å². The molecule has 0 radical (unpaired) electrons. The zero-order chi connectivity index (χ0) is 18.9. The van der Waals surface area contributed by atoms with E-state index in [2.05, 4.69) is 56.9 Å².